The van der Waals surface area contributed by atoms with Gasteiger partial charge in [-0.1, -0.05) is 0 Å². The first kappa shape index (κ1) is 13.0. The number of nitro benzene ring substituents is 1. The lowest BCUT2D eigenvalue weighted by atomic mass is 10.3. The fraction of sp³-hybridized carbons (Fsp3) is 0. The fourth-order valence-corrected chi connectivity index (χ4v) is 2.31. The minimum atomic E-state index is -0.467. The van der Waals surface area contributed by atoms with Crippen LogP contribution < -0.4 is 0 Å². The monoisotopic (exact) mass is 302 g/mol. The lowest BCUT2D eigenvalue weighted by molar-refractivity contribution is -0.384. The minimum absolute atomic E-state index is 0.000545. The molecule has 0 bridgehead atoms. The van der Waals surface area contributed by atoms with Crippen LogP contribution in [0.15, 0.2) is 34.3 Å². The maximum Gasteiger partial charge on any atom is 0.269 e. The summed E-state index contributed by atoms with van der Waals surface area (Å²) in [5.41, 5.74) is 0.0195. The molecule has 18 heavy (non-hydrogen) atoms. The van der Waals surface area contributed by atoms with E-state index in [1.807, 2.05) is 0 Å². The summed E-state index contributed by atoms with van der Waals surface area (Å²) in [5, 5.41) is 10.8. The molecule has 0 N–H and O–H groups in total. The molecule has 9 heteroatoms. The zero-order valence-corrected chi connectivity index (χ0v) is 10.9. The predicted molar refractivity (Wildman–Crippen MR) is 67.1 cm³/mol. The molecule has 0 atom stereocenters. The highest BCUT2D eigenvalue weighted by Gasteiger charge is 2.08. The highest BCUT2D eigenvalue weighted by Crippen LogP contribution is 2.27. The smallest absolute Gasteiger partial charge is 0.258 e. The molecule has 0 aliphatic carbocycles. The van der Waals surface area contributed by atoms with E-state index in [9.17, 15) is 10.1 Å². The quantitative estimate of drug-likeness (QED) is 0.639. The predicted octanol–water partition coefficient (Wildman–Crippen LogP) is 3.24. The van der Waals surface area contributed by atoms with Gasteiger partial charge in [0.15, 0.2) is 5.16 Å². The van der Waals surface area contributed by atoms with Crippen LogP contribution in [0.4, 0.5) is 5.69 Å². The van der Waals surface area contributed by atoms with E-state index in [4.69, 9.17) is 23.2 Å². The number of nitro groups is 1. The molecule has 0 aliphatic rings. The summed E-state index contributed by atoms with van der Waals surface area (Å²) < 4.78 is 0. The van der Waals surface area contributed by atoms with Gasteiger partial charge in [-0.2, -0.15) is 15.0 Å². The number of hydrogen-bond donors (Lipinski definition) is 0. The van der Waals surface area contributed by atoms with E-state index in [1.54, 1.807) is 12.1 Å². The van der Waals surface area contributed by atoms with Crippen molar-refractivity contribution in [3.63, 3.8) is 0 Å². The first-order valence-electron chi connectivity index (χ1n) is 4.54. The normalized spacial score (nSPS) is 10.3. The summed E-state index contributed by atoms with van der Waals surface area (Å²) in [5.74, 6) is 0. The average Bonchev–Trinajstić information content (AvgIpc) is 2.28. The molecule has 0 saturated carbocycles. The van der Waals surface area contributed by atoms with Crippen LogP contribution in [0, 0.1) is 10.1 Å². The maximum absolute atomic E-state index is 10.5. The minimum Gasteiger partial charge on any atom is -0.258 e. The van der Waals surface area contributed by atoms with E-state index in [-0.39, 0.29) is 16.3 Å². The maximum atomic E-state index is 10.5. The summed E-state index contributed by atoms with van der Waals surface area (Å²) in [7, 11) is 0. The van der Waals surface area contributed by atoms with E-state index in [1.165, 1.54) is 23.9 Å². The largest absolute Gasteiger partial charge is 0.269 e. The number of aromatic nitrogens is 3. The molecule has 0 spiro atoms. The van der Waals surface area contributed by atoms with E-state index in [2.05, 4.69) is 15.0 Å². The van der Waals surface area contributed by atoms with Crippen LogP contribution in [0.2, 0.25) is 10.6 Å². The summed E-state index contributed by atoms with van der Waals surface area (Å²) in [6, 6.07) is 5.97. The SMILES string of the molecule is O=[N+]([O-])c1ccc(Sc2nc(Cl)nc(Cl)n2)cc1. The summed E-state index contributed by atoms with van der Waals surface area (Å²) in [6.45, 7) is 0. The number of nitrogens with zero attached hydrogens (tertiary/aromatic N) is 4. The molecular formula is C9H4Cl2N4O2S. The van der Waals surface area contributed by atoms with Crippen LogP contribution in [0.25, 0.3) is 0 Å². The van der Waals surface area contributed by atoms with E-state index < -0.39 is 4.92 Å². The third-order valence-corrected chi connectivity index (χ3v) is 3.03. The van der Waals surface area contributed by atoms with Crippen LogP contribution in [-0.4, -0.2) is 19.9 Å². The van der Waals surface area contributed by atoms with Crippen molar-refractivity contribution in [2.24, 2.45) is 0 Å². The van der Waals surface area contributed by atoms with Crippen molar-refractivity contribution in [1.82, 2.24) is 15.0 Å². The second kappa shape index (κ2) is 5.47. The van der Waals surface area contributed by atoms with Crippen LogP contribution in [-0.2, 0) is 0 Å². The molecule has 2 rings (SSSR count). The van der Waals surface area contributed by atoms with Crippen molar-refractivity contribution in [1.29, 1.82) is 0 Å². The van der Waals surface area contributed by atoms with E-state index in [0.29, 0.717) is 5.16 Å². The number of rotatable bonds is 3. The first-order chi connectivity index (χ1) is 8.54. The lowest BCUT2D eigenvalue weighted by Gasteiger charge is -2.00. The Hall–Kier alpha value is -1.44. The summed E-state index contributed by atoms with van der Waals surface area (Å²) in [4.78, 5) is 22.1. The molecule has 1 aromatic heterocycles. The van der Waals surface area contributed by atoms with Crippen LogP contribution >= 0.6 is 35.0 Å². The molecule has 1 heterocycles. The molecule has 0 aliphatic heterocycles. The second-order valence-corrected chi connectivity index (χ2v) is 4.73. The Bertz CT molecular complexity index is 573. The number of non-ortho nitro benzene ring substituents is 1. The highest BCUT2D eigenvalue weighted by molar-refractivity contribution is 7.99. The fourth-order valence-electron chi connectivity index (χ4n) is 1.10. The van der Waals surface area contributed by atoms with Crippen LogP contribution in [0.3, 0.4) is 0 Å². The first-order valence-corrected chi connectivity index (χ1v) is 6.11. The van der Waals surface area contributed by atoms with Gasteiger partial charge in [0.1, 0.15) is 0 Å². The second-order valence-electron chi connectivity index (χ2n) is 3.01. The molecule has 2 aromatic rings. The standard InChI is InChI=1S/C9H4Cl2N4O2S/c10-7-12-8(11)14-9(13-7)18-6-3-1-5(2-4-6)15(16)17/h1-4H. The Morgan fingerprint density at radius 1 is 1.06 bits per heavy atom. The van der Waals surface area contributed by atoms with Gasteiger partial charge in [0, 0.05) is 17.0 Å². The molecule has 6 nitrogen and oxygen atoms in total. The highest BCUT2D eigenvalue weighted by atomic mass is 35.5. The molecule has 92 valence electrons. The molecule has 0 fully saturated rings. The molecule has 0 unspecified atom stereocenters. The van der Waals surface area contributed by atoms with Gasteiger partial charge in [-0.05, 0) is 47.1 Å². The lowest BCUT2D eigenvalue weighted by Crippen LogP contribution is -1.92. The Morgan fingerprint density at radius 2 is 1.61 bits per heavy atom. The van der Waals surface area contributed by atoms with Gasteiger partial charge in [-0.3, -0.25) is 10.1 Å². The Balaban J connectivity index is 2.20. The van der Waals surface area contributed by atoms with Gasteiger partial charge in [0.2, 0.25) is 10.6 Å². The van der Waals surface area contributed by atoms with Crippen molar-refractivity contribution in [3.8, 4) is 0 Å². The number of halogens is 2. The zero-order chi connectivity index (χ0) is 13.1. The molecule has 0 amide bonds. The number of hydrogen-bond acceptors (Lipinski definition) is 6. The third-order valence-electron chi connectivity index (χ3n) is 1.82. The van der Waals surface area contributed by atoms with Gasteiger partial charge < -0.3 is 0 Å². The van der Waals surface area contributed by atoms with Crippen LogP contribution in [0.5, 0.6) is 0 Å². The zero-order valence-electron chi connectivity index (χ0n) is 8.58. The molecule has 0 radical (unpaired) electrons. The third kappa shape index (κ3) is 3.28. The van der Waals surface area contributed by atoms with Crippen LogP contribution in [0.1, 0.15) is 0 Å². The van der Waals surface area contributed by atoms with Gasteiger partial charge in [-0.15, -0.1) is 0 Å². The Morgan fingerprint density at radius 3 is 2.11 bits per heavy atom. The van der Waals surface area contributed by atoms with Gasteiger partial charge >= 0.3 is 0 Å². The van der Waals surface area contributed by atoms with E-state index in [0.717, 1.165) is 4.90 Å². The Kier molecular flexibility index (Phi) is 3.95. The van der Waals surface area contributed by atoms with Gasteiger partial charge in [-0.25, -0.2) is 0 Å². The average molecular weight is 303 g/mol. The van der Waals surface area contributed by atoms with Crippen molar-refractivity contribution in [2.75, 3.05) is 0 Å². The summed E-state index contributed by atoms with van der Waals surface area (Å²) in [6.07, 6.45) is 0. The van der Waals surface area contributed by atoms with Gasteiger partial charge in [0.05, 0.1) is 4.92 Å². The van der Waals surface area contributed by atoms with Crippen molar-refractivity contribution >= 4 is 40.7 Å². The summed E-state index contributed by atoms with van der Waals surface area (Å²) >= 11 is 12.5. The topological polar surface area (TPSA) is 81.8 Å². The van der Waals surface area contributed by atoms with Crippen molar-refractivity contribution in [2.45, 2.75) is 10.1 Å². The van der Waals surface area contributed by atoms with Crippen molar-refractivity contribution < 1.29 is 4.92 Å². The van der Waals surface area contributed by atoms with Gasteiger partial charge in [0.25, 0.3) is 5.69 Å². The van der Waals surface area contributed by atoms with E-state index >= 15 is 0 Å². The Labute approximate surface area is 116 Å². The number of benzene rings is 1. The molecule has 1 aromatic carbocycles. The van der Waals surface area contributed by atoms with Crippen molar-refractivity contribution in [3.05, 3.63) is 44.9 Å². The molecule has 0 saturated heterocycles. The molecular weight excluding hydrogens is 299 g/mol.